The van der Waals surface area contributed by atoms with Gasteiger partial charge in [-0.1, -0.05) is 18.2 Å². The van der Waals surface area contributed by atoms with E-state index in [-0.39, 0.29) is 0 Å². The van der Waals surface area contributed by atoms with Gasteiger partial charge in [-0.2, -0.15) is 0 Å². The lowest BCUT2D eigenvalue weighted by molar-refractivity contribution is -0.118. The van der Waals surface area contributed by atoms with Crippen LogP contribution in [0.1, 0.15) is 6.92 Å². The minimum absolute atomic E-state index is 0.352. The molecule has 6 nitrogen and oxygen atoms in total. The van der Waals surface area contributed by atoms with E-state index in [4.69, 9.17) is 0 Å². The van der Waals surface area contributed by atoms with Gasteiger partial charge in [0.25, 0.3) is 0 Å². The third-order valence-electron chi connectivity index (χ3n) is 2.13. The zero-order valence-electron chi connectivity index (χ0n) is 10.5. The second-order valence-corrected chi connectivity index (χ2v) is 5.96. The van der Waals surface area contributed by atoms with E-state index in [1.165, 1.54) is 0 Å². The van der Waals surface area contributed by atoms with E-state index in [1.807, 2.05) is 0 Å². The molecule has 0 heterocycles. The number of hydrogen-bond acceptors (Lipinski definition) is 4. The van der Waals surface area contributed by atoms with Crippen LogP contribution in [0.15, 0.2) is 30.3 Å². The van der Waals surface area contributed by atoms with Crippen LogP contribution in [0, 0.1) is 0 Å². The fourth-order valence-corrected chi connectivity index (χ4v) is 2.49. The van der Waals surface area contributed by atoms with Gasteiger partial charge in [-0.15, -0.1) is 0 Å². The predicted octanol–water partition coefficient (Wildman–Crippen LogP) is 0.176. The van der Waals surface area contributed by atoms with Crippen molar-refractivity contribution in [3.63, 3.8) is 0 Å². The molecule has 1 aromatic rings. The van der Waals surface area contributed by atoms with Crippen molar-refractivity contribution in [3.05, 3.63) is 30.3 Å². The summed E-state index contributed by atoms with van der Waals surface area (Å²) < 4.78 is 23.2. The summed E-state index contributed by atoms with van der Waals surface area (Å²) in [6, 6.07) is 8.52. The first-order valence-electron chi connectivity index (χ1n) is 5.75. The molecular weight excluding hydrogens is 268 g/mol. The molecule has 0 aromatic heterocycles. The van der Waals surface area contributed by atoms with Crippen LogP contribution in [0.5, 0.6) is 0 Å². The predicted molar refractivity (Wildman–Crippen MR) is 72.4 cm³/mol. The lowest BCUT2D eigenvalue weighted by Gasteiger charge is -2.06. The number of carbonyl (C=O) groups is 2. The van der Waals surface area contributed by atoms with Crippen LogP contribution in [-0.2, 0) is 19.4 Å². The zero-order valence-corrected chi connectivity index (χ0v) is 11.4. The summed E-state index contributed by atoms with van der Waals surface area (Å²) in [6.45, 7) is 2.04. The molecule has 0 aliphatic carbocycles. The van der Waals surface area contributed by atoms with Gasteiger partial charge in [0.15, 0.2) is 9.84 Å². The molecule has 0 atom stereocenters. The van der Waals surface area contributed by atoms with Crippen LogP contribution in [-0.4, -0.2) is 38.3 Å². The molecule has 0 spiro atoms. The van der Waals surface area contributed by atoms with Crippen LogP contribution >= 0.6 is 0 Å². The highest BCUT2D eigenvalue weighted by molar-refractivity contribution is 7.92. The summed E-state index contributed by atoms with van der Waals surface area (Å²) in [5.74, 6) is -2.65. The summed E-state index contributed by atoms with van der Waals surface area (Å²) in [6.07, 6.45) is 0. The Kier molecular flexibility index (Phi) is 5.50. The maximum absolute atomic E-state index is 11.6. The molecule has 0 radical (unpaired) electrons. The van der Waals surface area contributed by atoms with Gasteiger partial charge in [-0.3, -0.25) is 9.59 Å². The van der Waals surface area contributed by atoms with Crippen molar-refractivity contribution in [1.29, 1.82) is 0 Å². The molecular formula is C12H16N2O4S. The molecule has 104 valence electrons. The molecule has 0 saturated heterocycles. The molecule has 0 aliphatic rings. The first kappa shape index (κ1) is 15.2. The molecule has 7 heteroatoms. The first-order valence-corrected chi connectivity index (χ1v) is 7.57. The maximum Gasteiger partial charge on any atom is 0.239 e. The molecule has 0 fully saturated rings. The number of carbonyl (C=O) groups excluding carboxylic acids is 2. The Labute approximate surface area is 112 Å². The van der Waals surface area contributed by atoms with Crippen molar-refractivity contribution >= 4 is 27.3 Å². The van der Waals surface area contributed by atoms with Gasteiger partial charge in [-0.05, 0) is 19.1 Å². The zero-order chi connectivity index (χ0) is 14.3. The highest BCUT2D eigenvalue weighted by Crippen LogP contribution is 2.05. The molecule has 2 amide bonds. The molecule has 0 aliphatic heterocycles. The van der Waals surface area contributed by atoms with Crippen molar-refractivity contribution in [3.8, 4) is 0 Å². The second-order valence-electron chi connectivity index (χ2n) is 3.90. The average Bonchev–Trinajstić information content (AvgIpc) is 2.28. The van der Waals surface area contributed by atoms with E-state index in [9.17, 15) is 18.0 Å². The molecule has 19 heavy (non-hydrogen) atoms. The largest absolute Gasteiger partial charge is 0.356 e. The Morgan fingerprint density at radius 1 is 1.05 bits per heavy atom. The van der Waals surface area contributed by atoms with Crippen LogP contribution in [0.2, 0.25) is 0 Å². The van der Waals surface area contributed by atoms with E-state index in [0.717, 1.165) is 0 Å². The highest BCUT2D eigenvalue weighted by atomic mass is 32.2. The second kappa shape index (κ2) is 6.89. The van der Waals surface area contributed by atoms with Gasteiger partial charge >= 0.3 is 0 Å². The number of rotatable bonds is 6. The molecule has 0 saturated carbocycles. The summed E-state index contributed by atoms with van der Waals surface area (Å²) in [5.41, 5.74) is 0.515. The number of sulfone groups is 1. The number of para-hydroxylation sites is 1. The molecule has 1 aromatic carbocycles. The smallest absolute Gasteiger partial charge is 0.239 e. The van der Waals surface area contributed by atoms with Crippen molar-refractivity contribution in [2.75, 3.05) is 23.4 Å². The fourth-order valence-electron chi connectivity index (χ4n) is 1.42. The summed E-state index contributed by atoms with van der Waals surface area (Å²) >= 11 is 0. The molecule has 0 bridgehead atoms. The van der Waals surface area contributed by atoms with Gasteiger partial charge in [0.1, 0.15) is 11.5 Å². The monoisotopic (exact) mass is 284 g/mol. The van der Waals surface area contributed by atoms with Gasteiger partial charge in [0.05, 0.1) is 0 Å². The minimum atomic E-state index is -3.75. The molecule has 0 unspecified atom stereocenters. The fraction of sp³-hybridized carbons (Fsp3) is 0.333. The minimum Gasteiger partial charge on any atom is -0.356 e. The first-order chi connectivity index (χ1) is 8.93. The van der Waals surface area contributed by atoms with Crippen molar-refractivity contribution in [2.45, 2.75) is 6.92 Å². The number of benzene rings is 1. The Morgan fingerprint density at radius 2 is 1.63 bits per heavy atom. The lowest BCUT2D eigenvalue weighted by Crippen LogP contribution is -2.33. The molecule has 2 N–H and O–H groups in total. The van der Waals surface area contributed by atoms with Gasteiger partial charge in [0.2, 0.25) is 11.8 Å². The van der Waals surface area contributed by atoms with Gasteiger partial charge < -0.3 is 10.6 Å². The Morgan fingerprint density at radius 3 is 2.21 bits per heavy atom. The molecule has 1 rings (SSSR count). The van der Waals surface area contributed by atoms with Crippen molar-refractivity contribution in [2.24, 2.45) is 0 Å². The van der Waals surface area contributed by atoms with E-state index in [1.54, 1.807) is 37.3 Å². The van der Waals surface area contributed by atoms with E-state index in [0.29, 0.717) is 12.2 Å². The standard InChI is InChI=1S/C12H16N2O4S/c1-2-13-11(15)8-19(17,18)9-12(16)14-10-6-4-3-5-7-10/h3-7H,2,8-9H2,1H3,(H,13,15)(H,14,16). The average molecular weight is 284 g/mol. The van der Waals surface area contributed by atoms with Crippen LogP contribution in [0.25, 0.3) is 0 Å². The summed E-state index contributed by atoms with van der Waals surface area (Å²) in [7, 11) is -3.75. The van der Waals surface area contributed by atoms with Crippen LogP contribution in [0.3, 0.4) is 0 Å². The number of hydrogen-bond donors (Lipinski definition) is 2. The normalized spacial score (nSPS) is 10.8. The third-order valence-corrected chi connectivity index (χ3v) is 3.54. The number of anilines is 1. The Balaban J connectivity index is 2.54. The summed E-state index contributed by atoms with van der Waals surface area (Å²) in [5, 5.41) is 4.83. The van der Waals surface area contributed by atoms with Crippen LogP contribution in [0.4, 0.5) is 5.69 Å². The Hall–Kier alpha value is -1.89. The third kappa shape index (κ3) is 6.01. The Bertz CT molecular complexity index is 540. The summed E-state index contributed by atoms with van der Waals surface area (Å²) in [4.78, 5) is 22.7. The van der Waals surface area contributed by atoms with Crippen molar-refractivity contribution < 1.29 is 18.0 Å². The number of nitrogens with one attached hydrogen (secondary N) is 2. The maximum atomic E-state index is 11.6. The van der Waals surface area contributed by atoms with E-state index < -0.39 is 33.2 Å². The van der Waals surface area contributed by atoms with Crippen molar-refractivity contribution in [1.82, 2.24) is 5.32 Å². The van der Waals surface area contributed by atoms with E-state index >= 15 is 0 Å². The topological polar surface area (TPSA) is 92.3 Å². The lowest BCUT2D eigenvalue weighted by atomic mass is 10.3. The van der Waals surface area contributed by atoms with Gasteiger partial charge in [-0.25, -0.2) is 8.42 Å². The SMILES string of the molecule is CCNC(=O)CS(=O)(=O)CC(=O)Nc1ccccc1. The van der Waals surface area contributed by atoms with E-state index in [2.05, 4.69) is 10.6 Å². The van der Waals surface area contributed by atoms with Gasteiger partial charge in [0, 0.05) is 12.2 Å². The highest BCUT2D eigenvalue weighted by Gasteiger charge is 2.20. The van der Waals surface area contributed by atoms with Crippen LogP contribution < -0.4 is 10.6 Å². The quantitative estimate of drug-likeness (QED) is 0.779. The number of amides is 2.